The highest BCUT2D eigenvalue weighted by atomic mass is 35.5. The number of rotatable bonds is 2. The molecule has 0 nitrogen and oxygen atoms in total. The zero-order valence-electron chi connectivity index (χ0n) is 8.92. The molecule has 0 saturated heterocycles. The molecular weight excluding hydrogens is 227 g/mol. The summed E-state index contributed by atoms with van der Waals surface area (Å²) >= 11 is 12.2. The summed E-state index contributed by atoms with van der Waals surface area (Å²) < 4.78 is 0. The number of hydrogen-bond acceptors (Lipinski definition) is 0. The molecule has 0 spiro atoms. The quantitative estimate of drug-likeness (QED) is 0.669. The zero-order chi connectivity index (χ0) is 10.8. The molecule has 1 aliphatic rings. The lowest BCUT2D eigenvalue weighted by Gasteiger charge is -2.17. The van der Waals surface area contributed by atoms with Gasteiger partial charge in [-0.2, -0.15) is 0 Å². The van der Waals surface area contributed by atoms with Gasteiger partial charge in [-0.05, 0) is 48.8 Å². The van der Waals surface area contributed by atoms with Crippen molar-refractivity contribution in [2.45, 2.75) is 31.6 Å². The summed E-state index contributed by atoms with van der Waals surface area (Å²) in [6, 6.07) is 8.17. The minimum absolute atomic E-state index is 0.370. The Labute approximate surface area is 102 Å². The first-order valence-corrected chi connectivity index (χ1v) is 6.37. The highest BCUT2D eigenvalue weighted by Crippen LogP contribution is 2.37. The van der Waals surface area contributed by atoms with Crippen molar-refractivity contribution in [3.63, 3.8) is 0 Å². The van der Waals surface area contributed by atoms with E-state index in [1.165, 1.54) is 12.0 Å². The molecule has 3 atom stereocenters. The fourth-order valence-corrected chi connectivity index (χ4v) is 2.99. The molecule has 3 unspecified atom stereocenters. The van der Waals surface area contributed by atoms with E-state index in [0.29, 0.717) is 11.3 Å². The SMILES string of the molecule is CC1C(Cl)CCC1Cc1cccc(Cl)c1. The van der Waals surface area contributed by atoms with Crippen molar-refractivity contribution >= 4 is 23.2 Å². The van der Waals surface area contributed by atoms with Crippen molar-refractivity contribution in [3.8, 4) is 0 Å². The third-order valence-corrected chi connectivity index (χ3v) is 4.37. The molecular formula is C13H16Cl2. The largest absolute Gasteiger partial charge is 0.123 e. The predicted molar refractivity (Wildman–Crippen MR) is 66.7 cm³/mol. The summed E-state index contributed by atoms with van der Waals surface area (Å²) in [6.45, 7) is 2.26. The van der Waals surface area contributed by atoms with Crippen molar-refractivity contribution < 1.29 is 0 Å². The summed E-state index contributed by atoms with van der Waals surface area (Å²) in [4.78, 5) is 0. The highest BCUT2D eigenvalue weighted by Gasteiger charge is 2.31. The first-order valence-electron chi connectivity index (χ1n) is 5.55. The van der Waals surface area contributed by atoms with Crippen LogP contribution in [0.15, 0.2) is 24.3 Å². The molecule has 0 amide bonds. The first-order chi connectivity index (χ1) is 7.16. The first kappa shape index (κ1) is 11.3. The van der Waals surface area contributed by atoms with Gasteiger partial charge in [0.05, 0.1) is 0 Å². The molecule has 0 N–H and O–H groups in total. The summed E-state index contributed by atoms with van der Waals surface area (Å²) in [5, 5.41) is 1.20. The normalized spacial score (nSPS) is 30.7. The van der Waals surface area contributed by atoms with E-state index in [0.717, 1.165) is 23.8 Å². The third kappa shape index (κ3) is 2.68. The molecule has 15 heavy (non-hydrogen) atoms. The van der Waals surface area contributed by atoms with Crippen LogP contribution in [0.2, 0.25) is 5.02 Å². The lowest BCUT2D eigenvalue weighted by atomic mass is 9.91. The van der Waals surface area contributed by atoms with Gasteiger partial charge in [0.25, 0.3) is 0 Å². The lowest BCUT2D eigenvalue weighted by molar-refractivity contribution is 0.420. The van der Waals surface area contributed by atoms with Crippen molar-refractivity contribution in [2.24, 2.45) is 11.8 Å². The molecule has 0 heterocycles. The zero-order valence-corrected chi connectivity index (χ0v) is 10.4. The fourth-order valence-electron chi connectivity index (χ4n) is 2.45. The molecule has 2 heteroatoms. The molecule has 1 aromatic carbocycles. The van der Waals surface area contributed by atoms with Gasteiger partial charge in [0, 0.05) is 10.4 Å². The van der Waals surface area contributed by atoms with Gasteiger partial charge >= 0.3 is 0 Å². The van der Waals surface area contributed by atoms with Gasteiger partial charge in [-0.25, -0.2) is 0 Å². The van der Waals surface area contributed by atoms with E-state index >= 15 is 0 Å². The summed E-state index contributed by atoms with van der Waals surface area (Å²) in [5.74, 6) is 1.36. The molecule has 0 radical (unpaired) electrons. The second-order valence-corrected chi connectivity index (χ2v) is 5.54. The van der Waals surface area contributed by atoms with Crippen LogP contribution in [0.3, 0.4) is 0 Å². The van der Waals surface area contributed by atoms with E-state index in [1.807, 2.05) is 12.1 Å². The minimum atomic E-state index is 0.370. The smallest absolute Gasteiger partial charge is 0.0408 e. The Morgan fingerprint density at radius 3 is 2.73 bits per heavy atom. The average Bonchev–Trinajstić information content (AvgIpc) is 2.50. The van der Waals surface area contributed by atoms with E-state index in [-0.39, 0.29) is 0 Å². The molecule has 1 saturated carbocycles. The Morgan fingerprint density at radius 2 is 2.13 bits per heavy atom. The van der Waals surface area contributed by atoms with E-state index in [2.05, 4.69) is 19.1 Å². The van der Waals surface area contributed by atoms with Crippen LogP contribution < -0.4 is 0 Å². The van der Waals surface area contributed by atoms with Gasteiger partial charge in [0.15, 0.2) is 0 Å². The van der Waals surface area contributed by atoms with E-state index < -0.39 is 0 Å². The van der Waals surface area contributed by atoms with E-state index in [1.54, 1.807) is 0 Å². The lowest BCUT2D eigenvalue weighted by Crippen LogP contribution is -2.13. The molecule has 1 fully saturated rings. The van der Waals surface area contributed by atoms with Crippen molar-refractivity contribution in [2.75, 3.05) is 0 Å². The Bertz CT molecular complexity index is 335. The number of hydrogen-bond donors (Lipinski definition) is 0. The average molecular weight is 243 g/mol. The van der Waals surface area contributed by atoms with Crippen molar-refractivity contribution in [1.82, 2.24) is 0 Å². The molecule has 0 bridgehead atoms. The van der Waals surface area contributed by atoms with Crippen LogP contribution in [0, 0.1) is 11.8 Å². The summed E-state index contributed by atoms with van der Waals surface area (Å²) in [7, 11) is 0. The Hall–Kier alpha value is -0.200. The van der Waals surface area contributed by atoms with Gasteiger partial charge in [-0.15, -0.1) is 11.6 Å². The maximum Gasteiger partial charge on any atom is 0.0408 e. The molecule has 0 aromatic heterocycles. The maximum absolute atomic E-state index is 6.23. The standard InChI is InChI=1S/C13H16Cl2/c1-9-11(5-6-13(9)15)7-10-3-2-4-12(14)8-10/h2-4,8-9,11,13H,5-7H2,1H3. The van der Waals surface area contributed by atoms with Crippen LogP contribution in [0.4, 0.5) is 0 Å². The van der Waals surface area contributed by atoms with Gasteiger partial charge in [0.2, 0.25) is 0 Å². The van der Waals surface area contributed by atoms with Crippen molar-refractivity contribution in [1.29, 1.82) is 0 Å². The molecule has 1 aliphatic carbocycles. The number of halogens is 2. The van der Waals surface area contributed by atoms with Crippen LogP contribution in [0.1, 0.15) is 25.3 Å². The molecule has 82 valence electrons. The second-order valence-electron chi connectivity index (χ2n) is 4.55. The van der Waals surface area contributed by atoms with Crippen molar-refractivity contribution in [3.05, 3.63) is 34.9 Å². The molecule has 2 rings (SSSR count). The topological polar surface area (TPSA) is 0 Å². The van der Waals surface area contributed by atoms with Crippen LogP contribution in [-0.4, -0.2) is 5.38 Å². The van der Waals surface area contributed by atoms with E-state index in [4.69, 9.17) is 23.2 Å². The van der Waals surface area contributed by atoms with Gasteiger partial charge in [-0.1, -0.05) is 30.7 Å². The second kappa shape index (κ2) is 4.76. The van der Waals surface area contributed by atoms with Crippen LogP contribution in [0.25, 0.3) is 0 Å². The Balaban J connectivity index is 2.03. The van der Waals surface area contributed by atoms with Crippen LogP contribution in [-0.2, 0) is 6.42 Å². The predicted octanol–water partition coefficient (Wildman–Crippen LogP) is 4.54. The monoisotopic (exact) mass is 242 g/mol. The van der Waals surface area contributed by atoms with Crippen LogP contribution >= 0.6 is 23.2 Å². The molecule has 0 aliphatic heterocycles. The Morgan fingerprint density at radius 1 is 1.33 bits per heavy atom. The summed E-state index contributed by atoms with van der Waals surface area (Å²) in [5.41, 5.74) is 1.34. The fraction of sp³-hybridized carbons (Fsp3) is 0.538. The number of alkyl halides is 1. The highest BCUT2D eigenvalue weighted by molar-refractivity contribution is 6.30. The molecule has 1 aromatic rings. The van der Waals surface area contributed by atoms with Crippen LogP contribution in [0.5, 0.6) is 0 Å². The number of benzene rings is 1. The third-order valence-electron chi connectivity index (χ3n) is 3.51. The Kier molecular flexibility index (Phi) is 3.58. The van der Waals surface area contributed by atoms with Gasteiger partial charge in [0.1, 0.15) is 0 Å². The van der Waals surface area contributed by atoms with E-state index in [9.17, 15) is 0 Å². The minimum Gasteiger partial charge on any atom is -0.123 e. The van der Waals surface area contributed by atoms with Gasteiger partial charge in [-0.3, -0.25) is 0 Å². The maximum atomic E-state index is 6.23. The summed E-state index contributed by atoms with van der Waals surface area (Å²) in [6.07, 6.45) is 3.53. The van der Waals surface area contributed by atoms with Gasteiger partial charge < -0.3 is 0 Å².